The highest BCUT2D eigenvalue weighted by molar-refractivity contribution is 7.40. The number of hydrogen-bond donors (Lipinski definition) is 0. The topological polar surface area (TPSA) is 0 Å². The Morgan fingerprint density at radius 1 is 0.615 bits per heavy atom. The van der Waals surface area contributed by atoms with Gasteiger partial charge in [-0.1, -0.05) is 25.7 Å². The molecule has 0 aromatic heterocycles. The molecule has 2 saturated carbocycles. The minimum atomic E-state index is 1.19. The molecule has 1 heteroatoms. The van der Waals surface area contributed by atoms with E-state index in [-0.39, 0.29) is 0 Å². The Kier molecular flexibility index (Phi) is 2.37. The van der Waals surface area contributed by atoms with Gasteiger partial charge in [-0.15, -0.1) is 8.58 Å². The van der Waals surface area contributed by atoms with E-state index < -0.39 is 0 Å². The Balaban J connectivity index is 1.76. The lowest BCUT2D eigenvalue weighted by atomic mass is 9.73. The third kappa shape index (κ3) is 1.46. The van der Waals surface area contributed by atoms with Gasteiger partial charge in [0.2, 0.25) is 0 Å². The smallest absolute Gasteiger partial charge is 0.0203 e. The van der Waals surface area contributed by atoms with Crippen molar-refractivity contribution in [3.63, 3.8) is 0 Å². The van der Waals surface area contributed by atoms with Crippen LogP contribution in [-0.4, -0.2) is 11.3 Å². The van der Waals surface area contributed by atoms with Crippen molar-refractivity contribution in [1.29, 1.82) is 0 Å². The summed E-state index contributed by atoms with van der Waals surface area (Å²) in [5.41, 5.74) is 2.39. The normalized spacial score (nSPS) is 51.7. The lowest BCUT2D eigenvalue weighted by Crippen LogP contribution is -2.26. The molecule has 3 aliphatic rings. The van der Waals surface area contributed by atoms with Gasteiger partial charge in [0.05, 0.1) is 0 Å². The number of rotatable bonds is 0. The van der Waals surface area contributed by atoms with Gasteiger partial charge in [0, 0.05) is 0 Å². The minimum absolute atomic E-state index is 1.19. The Bertz CT molecular complexity index is 170. The highest BCUT2D eigenvalue weighted by Crippen LogP contribution is 2.57. The van der Waals surface area contributed by atoms with Crippen LogP contribution in [0.25, 0.3) is 0 Å². The van der Waals surface area contributed by atoms with E-state index >= 15 is 0 Å². The first-order valence-corrected chi connectivity index (χ1v) is 7.37. The second kappa shape index (κ2) is 3.54. The molecule has 0 N–H and O–H groups in total. The molecule has 0 aromatic carbocycles. The second-order valence-electron chi connectivity index (χ2n) is 5.28. The van der Waals surface area contributed by atoms with Crippen molar-refractivity contribution < 1.29 is 0 Å². The number of hydrogen-bond acceptors (Lipinski definition) is 0. The van der Waals surface area contributed by atoms with Gasteiger partial charge in [0.15, 0.2) is 0 Å². The maximum atomic E-state index is 1.60. The van der Waals surface area contributed by atoms with Crippen molar-refractivity contribution in [3.05, 3.63) is 0 Å². The van der Waals surface area contributed by atoms with E-state index in [2.05, 4.69) is 0 Å². The summed E-state index contributed by atoms with van der Waals surface area (Å²) in [4.78, 5) is 0. The fourth-order valence-corrected chi connectivity index (χ4v) is 6.65. The monoisotopic (exact) mass is 196 g/mol. The lowest BCUT2D eigenvalue weighted by Gasteiger charge is -2.31. The first kappa shape index (κ1) is 8.72. The van der Waals surface area contributed by atoms with Crippen LogP contribution in [0, 0.1) is 11.8 Å². The van der Waals surface area contributed by atoms with Crippen LogP contribution >= 0.6 is 8.58 Å². The summed E-state index contributed by atoms with van der Waals surface area (Å²) in [5.74, 6) is 2.38. The van der Waals surface area contributed by atoms with Crippen molar-refractivity contribution in [2.75, 3.05) is 0 Å². The standard InChI is InChI=1S/C12H21P/c1-3-7-11-9(5-1)10-6-2-4-8-12(10)13-11/h9-13H,1-8H2. The zero-order chi connectivity index (χ0) is 8.67. The van der Waals surface area contributed by atoms with E-state index in [0.717, 1.165) is 0 Å². The van der Waals surface area contributed by atoms with Crippen molar-refractivity contribution >= 4 is 8.58 Å². The molecule has 0 aromatic rings. The molecule has 1 saturated heterocycles. The van der Waals surface area contributed by atoms with Crippen molar-refractivity contribution in [2.24, 2.45) is 11.8 Å². The highest BCUT2D eigenvalue weighted by Gasteiger charge is 2.44. The molecule has 2 aliphatic carbocycles. The molecule has 4 unspecified atom stereocenters. The Morgan fingerprint density at radius 2 is 1.08 bits per heavy atom. The van der Waals surface area contributed by atoms with Crippen LogP contribution < -0.4 is 0 Å². The van der Waals surface area contributed by atoms with E-state index in [1.54, 1.807) is 51.4 Å². The van der Waals surface area contributed by atoms with E-state index in [1.807, 2.05) is 0 Å². The van der Waals surface area contributed by atoms with Crippen molar-refractivity contribution in [1.82, 2.24) is 0 Å². The average molecular weight is 196 g/mol. The molecule has 0 bridgehead atoms. The summed E-state index contributed by atoms with van der Waals surface area (Å²) in [5, 5.41) is 0. The second-order valence-corrected chi connectivity index (χ2v) is 7.09. The molecular weight excluding hydrogens is 175 g/mol. The van der Waals surface area contributed by atoms with E-state index in [1.165, 1.54) is 31.7 Å². The van der Waals surface area contributed by atoms with Crippen LogP contribution in [0.4, 0.5) is 0 Å². The van der Waals surface area contributed by atoms with Gasteiger partial charge < -0.3 is 0 Å². The molecule has 3 rings (SSSR count). The summed E-state index contributed by atoms with van der Waals surface area (Å²) < 4.78 is 0. The zero-order valence-electron chi connectivity index (χ0n) is 8.47. The van der Waals surface area contributed by atoms with Crippen molar-refractivity contribution in [3.8, 4) is 0 Å². The zero-order valence-corrected chi connectivity index (χ0v) is 9.47. The fourth-order valence-electron chi connectivity index (χ4n) is 4.03. The maximum absolute atomic E-state index is 1.60. The molecule has 3 fully saturated rings. The summed E-state index contributed by atoms with van der Waals surface area (Å²) in [6.45, 7) is 0. The van der Waals surface area contributed by atoms with E-state index in [4.69, 9.17) is 0 Å². The first-order chi connectivity index (χ1) is 6.45. The summed E-state index contributed by atoms with van der Waals surface area (Å²) in [6.07, 6.45) is 12.6. The van der Waals surface area contributed by atoms with E-state index in [0.29, 0.717) is 0 Å². The Morgan fingerprint density at radius 3 is 1.62 bits per heavy atom. The van der Waals surface area contributed by atoms with Crippen LogP contribution in [0.2, 0.25) is 0 Å². The maximum Gasteiger partial charge on any atom is -0.0203 e. The van der Waals surface area contributed by atoms with Gasteiger partial charge in [0.1, 0.15) is 0 Å². The molecule has 4 atom stereocenters. The van der Waals surface area contributed by atoms with Gasteiger partial charge in [-0.25, -0.2) is 0 Å². The minimum Gasteiger partial charge on any atom is -0.115 e. The molecule has 0 nitrogen and oxygen atoms in total. The number of fused-ring (bicyclic) bond motifs is 3. The van der Waals surface area contributed by atoms with Gasteiger partial charge in [0.25, 0.3) is 0 Å². The molecule has 1 heterocycles. The predicted octanol–water partition coefficient (Wildman–Crippen LogP) is 3.80. The molecular formula is C12H21P. The lowest BCUT2D eigenvalue weighted by molar-refractivity contribution is 0.231. The van der Waals surface area contributed by atoms with Gasteiger partial charge in [-0.3, -0.25) is 0 Å². The Hall–Kier alpha value is 0.430. The SMILES string of the molecule is C1CCC2C(C1)PC1CCCCC12. The molecule has 1 aliphatic heterocycles. The molecule has 13 heavy (non-hydrogen) atoms. The molecule has 0 radical (unpaired) electrons. The summed E-state index contributed by atoms with van der Waals surface area (Å²) in [7, 11) is 1.37. The van der Waals surface area contributed by atoms with E-state index in [9.17, 15) is 0 Å². The third-order valence-electron chi connectivity index (χ3n) is 4.62. The first-order valence-electron chi connectivity index (χ1n) is 6.21. The summed E-state index contributed by atoms with van der Waals surface area (Å²) in [6, 6.07) is 0. The molecule has 0 amide bonds. The van der Waals surface area contributed by atoms with Gasteiger partial charge in [-0.05, 0) is 48.8 Å². The third-order valence-corrected chi connectivity index (χ3v) is 6.91. The van der Waals surface area contributed by atoms with Gasteiger partial charge >= 0.3 is 0 Å². The fraction of sp³-hybridized carbons (Fsp3) is 1.00. The van der Waals surface area contributed by atoms with Crippen LogP contribution in [0.1, 0.15) is 51.4 Å². The average Bonchev–Trinajstić information content (AvgIpc) is 2.56. The predicted molar refractivity (Wildman–Crippen MR) is 59.8 cm³/mol. The summed E-state index contributed by atoms with van der Waals surface area (Å²) >= 11 is 0. The molecule has 0 spiro atoms. The van der Waals surface area contributed by atoms with Crippen LogP contribution in [0.5, 0.6) is 0 Å². The highest BCUT2D eigenvalue weighted by atomic mass is 31.1. The Labute approximate surface area is 83.7 Å². The quantitative estimate of drug-likeness (QED) is 0.517. The van der Waals surface area contributed by atoms with Crippen LogP contribution in [0.15, 0.2) is 0 Å². The van der Waals surface area contributed by atoms with Crippen molar-refractivity contribution in [2.45, 2.75) is 62.7 Å². The largest absolute Gasteiger partial charge is 0.115 e. The van der Waals surface area contributed by atoms with Crippen LogP contribution in [0.3, 0.4) is 0 Å². The van der Waals surface area contributed by atoms with Gasteiger partial charge in [-0.2, -0.15) is 0 Å². The van der Waals surface area contributed by atoms with Crippen LogP contribution in [-0.2, 0) is 0 Å². The molecule has 74 valence electrons.